The van der Waals surface area contributed by atoms with Crippen LogP contribution in [0, 0.1) is 5.92 Å². The third kappa shape index (κ3) is 5.25. The second-order valence-electron chi connectivity index (χ2n) is 6.80. The molecular weight excluding hydrogens is 393 g/mol. The minimum absolute atomic E-state index is 0.00675. The molecule has 0 aliphatic heterocycles. The highest BCUT2D eigenvalue weighted by molar-refractivity contribution is 5.97. The molecule has 1 fully saturated rings. The first kappa shape index (κ1) is 21.1. The topological polar surface area (TPSA) is 115 Å². The number of allylic oxidation sites excluding steroid dienone is 4. The maximum absolute atomic E-state index is 12.7. The van der Waals surface area contributed by atoms with E-state index in [1.807, 2.05) is 0 Å². The van der Waals surface area contributed by atoms with Crippen LogP contribution in [0.1, 0.15) is 55.0 Å². The molecule has 0 spiro atoms. The van der Waals surface area contributed by atoms with Crippen molar-refractivity contribution in [2.45, 2.75) is 32.8 Å². The Hall–Kier alpha value is -3.62. The van der Waals surface area contributed by atoms with Crippen LogP contribution in [0.2, 0.25) is 0 Å². The highest BCUT2D eigenvalue weighted by Crippen LogP contribution is 2.32. The first-order chi connectivity index (χ1) is 14.4. The molecule has 0 radical (unpaired) electrons. The number of rotatable bonds is 9. The predicted octanol–water partition coefficient (Wildman–Crippen LogP) is 4.09. The van der Waals surface area contributed by atoms with Crippen LogP contribution in [0.25, 0.3) is 5.57 Å². The van der Waals surface area contributed by atoms with Crippen LogP contribution >= 0.6 is 0 Å². The van der Waals surface area contributed by atoms with E-state index in [0.29, 0.717) is 11.4 Å². The number of ketones is 1. The van der Waals surface area contributed by atoms with E-state index in [-0.39, 0.29) is 40.9 Å². The largest absolute Gasteiger partial charge is 0.481 e. The van der Waals surface area contributed by atoms with Crippen molar-refractivity contribution in [1.29, 1.82) is 0 Å². The van der Waals surface area contributed by atoms with Crippen molar-refractivity contribution >= 4 is 17.3 Å². The number of nitrogens with zero attached hydrogens (tertiary/aromatic N) is 3. The lowest BCUT2D eigenvalue weighted by molar-refractivity contribution is -0.132. The lowest BCUT2D eigenvalue weighted by Crippen LogP contribution is -2.07. The molecule has 9 heteroatoms. The number of carbonyl (C=O) groups excluding carboxylic acids is 1. The van der Waals surface area contributed by atoms with E-state index < -0.39 is 12.1 Å². The van der Waals surface area contributed by atoms with E-state index in [1.165, 1.54) is 25.3 Å². The Morgan fingerprint density at radius 1 is 1.33 bits per heavy atom. The summed E-state index contributed by atoms with van der Waals surface area (Å²) in [6.07, 6.45) is 6.71. The van der Waals surface area contributed by atoms with E-state index in [4.69, 9.17) is 14.4 Å². The average Bonchev–Trinajstić information content (AvgIpc) is 3.47. The van der Waals surface area contributed by atoms with Crippen LogP contribution in [0.3, 0.4) is 0 Å². The van der Waals surface area contributed by atoms with Crippen LogP contribution in [0.4, 0.5) is 4.39 Å². The molecule has 1 aliphatic carbocycles. The molecule has 30 heavy (non-hydrogen) atoms. The Balaban J connectivity index is 1.70. The minimum atomic E-state index is -1.10. The summed E-state index contributed by atoms with van der Waals surface area (Å²) in [6.45, 7) is 3.10. The number of carboxylic acid groups (broad SMARTS) is 1. The van der Waals surface area contributed by atoms with Gasteiger partial charge in [0, 0.05) is 17.1 Å². The molecule has 0 bridgehead atoms. The van der Waals surface area contributed by atoms with Gasteiger partial charge in [0.05, 0.1) is 12.5 Å². The van der Waals surface area contributed by atoms with Gasteiger partial charge in [-0.15, -0.1) is 0 Å². The van der Waals surface area contributed by atoms with Gasteiger partial charge in [0.1, 0.15) is 11.4 Å². The summed E-state index contributed by atoms with van der Waals surface area (Å²) >= 11 is 0. The fraction of sp³-hybridized carbons (Fsp3) is 0.286. The first-order valence-corrected chi connectivity index (χ1v) is 9.28. The van der Waals surface area contributed by atoms with E-state index in [2.05, 4.69) is 15.1 Å². The lowest BCUT2D eigenvalue weighted by atomic mass is 10.2. The molecule has 3 rings (SSSR count). The lowest BCUT2D eigenvalue weighted by Gasteiger charge is -2.10. The van der Waals surface area contributed by atoms with Crippen molar-refractivity contribution in [1.82, 2.24) is 15.1 Å². The van der Waals surface area contributed by atoms with Gasteiger partial charge in [-0.2, -0.15) is 4.98 Å². The van der Waals surface area contributed by atoms with E-state index in [0.717, 1.165) is 18.9 Å². The van der Waals surface area contributed by atoms with Gasteiger partial charge in [0.2, 0.25) is 5.82 Å². The maximum atomic E-state index is 12.7. The summed E-state index contributed by atoms with van der Waals surface area (Å²) in [5.74, 6) is -0.310. The monoisotopic (exact) mass is 413 g/mol. The van der Waals surface area contributed by atoms with Gasteiger partial charge in [0.15, 0.2) is 11.9 Å². The zero-order valence-electron chi connectivity index (χ0n) is 16.4. The minimum Gasteiger partial charge on any atom is -0.481 e. The van der Waals surface area contributed by atoms with Crippen molar-refractivity contribution in [3.05, 3.63) is 65.9 Å². The van der Waals surface area contributed by atoms with Crippen molar-refractivity contribution < 1.29 is 28.3 Å². The van der Waals surface area contributed by atoms with Gasteiger partial charge >= 0.3 is 5.97 Å². The molecule has 1 N–H and O–H groups in total. The highest BCUT2D eigenvalue weighted by atomic mass is 19.1. The molecule has 0 amide bonds. The van der Waals surface area contributed by atoms with Crippen LogP contribution in [0.15, 0.2) is 53.0 Å². The number of hydrogen-bond donors (Lipinski definition) is 1. The fourth-order valence-corrected chi connectivity index (χ4v) is 2.48. The molecular formula is C21H20FN3O5. The maximum Gasteiger partial charge on any atom is 0.331 e. The molecule has 8 nitrogen and oxygen atoms in total. The molecule has 0 saturated heterocycles. The van der Waals surface area contributed by atoms with Crippen molar-refractivity contribution in [3.8, 4) is 5.75 Å². The summed E-state index contributed by atoms with van der Waals surface area (Å²) in [5.41, 5.74) is 0.679. The molecule has 1 atom stereocenters. The molecule has 1 saturated carbocycles. The Kier molecular flexibility index (Phi) is 6.51. The number of aliphatic carboxylic acids is 1. The Bertz CT molecular complexity index is 1020. The Morgan fingerprint density at radius 2 is 2.10 bits per heavy atom. The zero-order chi connectivity index (χ0) is 21.7. The van der Waals surface area contributed by atoms with Crippen LogP contribution in [-0.4, -0.2) is 32.0 Å². The number of carbonyl (C=O) groups is 2. The average molecular weight is 413 g/mol. The number of ether oxygens (including phenoxy) is 1. The van der Waals surface area contributed by atoms with E-state index >= 15 is 0 Å². The smallest absolute Gasteiger partial charge is 0.331 e. The van der Waals surface area contributed by atoms with Gasteiger partial charge in [0.25, 0.3) is 5.89 Å². The molecule has 1 unspecified atom stereocenters. The number of pyridine rings is 1. The second kappa shape index (κ2) is 9.25. The van der Waals surface area contributed by atoms with Gasteiger partial charge < -0.3 is 14.4 Å². The van der Waals surface area contributed by atoms with E-state index in [1.54, 1.807) is 19.1 Å². The van der Waals surface area contributed by atoms with Crippen LogP contribution < -0.4 is 4.74 Å². The number of carboxylic acids is 1. The van der Waals surface area contributed by atoms with Crippen molar-refractivity contribution in [2.75, 3.05) is 0 Å². The summed E-state index contributed by atoms with van der Waals surface area (Å²) in [7, 11) is 0. The first-order valence-electron chi connectivity index (χ1n) is 9.28. The number of Topliss-reactive ketones (excluding diaryl/α,β-unsaturated/α-hetero) is 1. The summed E-state index contributed by atoms with van der Waals surface area (Å²) in [4.78, 5) is 31.2. The van der Waals surface area contributed by atoms with E-state index in [9.17, 15) is 14.0 Å². The normalized spacial score (nSPS) is 16.0. The van der Waals surface area contributed by atoms with Gasteiger partial charge in [-0.05, 0) is 51.0 Å². The zero-order valence-corrected chi connectivity index (χ0v) is 16.4. The van der Waals surface area contributed by atoms with Gasteiger partial charge in [-0.25, -0.2) is 14.2 Å². The molecule has 2 aromatic heterocycles. The Morgan fingerprint density at radius 3 is 2.70 bits per heavy atom. The van der Waals surface area contributed by atoms with Crippen LogP contribution in [-0.2, 0) is 4.79 Å². The summed E-state index contributed by atoms with van der Waals surface area (Å²) in [5, 5.41) is 12.7. The third-order valence-electron chi connectivity index (χ3n) is 4.39. The standard InChI is InChI=1S/C21H20FN3O5/c1-12(21(27)28)3-4-15(9-10-22)20-24-19(25-30-20)13(2)29-16-7-8-17(23-11-16)18(26)14-5-6-14/h3-4,7-11,13-14H,5-6H2,1-2H3,(H,27,28)/b10-9+,12-3+,15-4+. The Labute approximate surface area is 171 Å². The van der Waals surface area contributed by atoms with Crippen LogP contribution in [0.5, 0.6) is 5.75 Å². The highest BCUT2D eigenvalue weighted by Gasteiger charge is 2.31. The number of halogens is 1. The SMILES string of the molecule is C\C(=C/C=C(\C=C\F)c1nc(C(C)Oc2ccc(C(=O)C3CC3)nc2)no1)C(=O)O. The molecule has 156 valence electrons. The molecule has 0 aromatic carbocycles. The molecule has 1 aliphatic rings. The number of hydrogen-bond acceptors (Lipinski definition) is 7. The van der Waals surface area contributed by atoms with Crippen molar-refractivity contribution in [3.63, 3.8) is 0 Å². The van der Waals surface area contributed by atoms with Crippen molar-refractivity contribution in [2.24, 2.45) is 5.92 Å². The molecule has 2 aromatic rings. The quantitative estimate of drug-likeness (QED) is 0.371. The fourth-order valence-electron chi connectivity index (χ4n) is 2.48. The predicted molar refractivity (Wildman–Crippen MR) is 104 cm³/mol. The third-order valence-corrected chi connectivity index (χ3v) is 4.39. The second-order valence-corrected chi connectivity index (χ2v) is 6.80. The number of aromatic nitrogens is 3. The molecule has 2 heterocycles. The van der Waals surface area contributed by atoms with Gasteiger partial charge in [-0.1, -0.05) is 11.2 Å². The summed E-state index contributed by atoms with van der Waals surface area (Å²) in [6, 6.07) is 3.27. The summed E-state index contributed by atoms with van der Waals surface area (Å²) < 4.78 is 23.6. The van der Waals surface area contributed by atoms with Gasteiger partial charge in [-0.3, -0.25) is 4.79 Å².